The van der Waals surface area contributed by atoms with Gasteiger partial charge in [0.2, 0.25) is 0 Å². The fourth-order valence-electron chi connectivity index (χ4n) is 1.39. The molecule has 0 atom stereocenters. The number of nitrogen functional groups attached to an aromatic ring is 1. The van der Waals surface area contributed by atoms with Gasteiger partial charge >= 0.3 is 0 Å². The van der Waals surface area contributed by atoms with Crippen LogP contribution in [0.15, 0.2) is 40.9 Å². The number of anilines is 3. The summed E-state index contributed by atoms with van der Waals surface area (Å²) in [5.74, 6) is -1.30. The van der Waals surface area contributed by atoms with Crippen LogP contribution in [0, 0.1) is 11.6 Å². The highest BCUT2D eigenvalue weighted by Gasteiger charge is 2.08. The fourth-order valence-corrected chi connectivity index (χ4v) is 1.73. The Balaban J connectivity index is 2.33. The maximum absolute atomic E-state index is 13.5. The third-order valence-electron chi connectivity index (χ3n) is 2.18. The van der Waals surface area contributed by atoms with E-state index < -0.39 is 11.6 Å². The minimum Gasteiger partial charge on any atom is -0.399 e. The second kappa shape index (κ2) is 4.71. The molecule has 5 heteroatoms. The van der Waals surface area contributed by atoms with E-state index in [0.717, 1.165) is 6.07 Å². The van der Waals surface area contributed by atoms with Gasteiger partial charge in [0.15, 0.2) is 0 Å². The summed E-state index contributed by atoms with van der Waals surface area (Å²) in [6, 6.07) is 9.03. The van der Waals surface area contributed by atoms with E-state index in [2.05, 4.69) is 21.2 Å². The van der Waals surface area contributed by atoms with E-state index in [1.54, 1.807) is 24.3 Å². The first kappa shape index (κ1) is 11.9. The molecule has 0 saturated heterocycles. The van der Waals surface area contributed by atoms with E-state index in [1.807, 2.05) is 0 Å². The lowest BCUT2D eigenvalue weighted by molar-refractivity contribution is 0.581. The van der Waals surface area contributed by atoms with Crippen molar-refractivity contribution in [2.24, 2.45) is 0 Å². The Bertz CT molecular complexity index is 558. The normalized spacial score (nSPS) is 10.3. The van der Waals surface area contributed by atoms with Crippen molar-refractivity contribution >= 4 is 33.0 Å². The molecule has 88 valence electrons. The topological polar surface area (TPSA) is 38.0 Å². The van der Waals surface area contributed by atoms with E-state index in [4.69, 9.17) is 5.73 Å². The average molecular weight is 299 g/mol. The van der Waals surface area contributed by atoms with E-state index in [9.17, 15) is 8.78 Å². The smallest absolute Gasteiger partial charge is 0.149 e. The molecule has 0 aliphatic rings. The van der Waals surface area contributed by atoms with Gasteiger partial charge in [0.05, 0.1) is 10.2 Å². The Morgan fingerprint density at radius 1 is 1.06 bits per heavy atom. The predicted octanol–water partition coefficient (Wildman–Crippen LogP) is 4.05. The van der Waals surface area contributed by atoms with E-state index >= 15 is 0 Å². The molecule has 0 spiro atoms. The SMILES string of the molecule is Nc1cccc(Nc2cc(Br)c(F)cc2F)c1. The number of halogens is 3. The highest BCUT2D eigenvalue weighted by molar-refractivity contribution is 9.10. The maximum Gasteiger partial charge on any atom is 0.149 e. The third kappa shape index (κ3) is 2.74. The van der Waals surface area contributed by atoms with Crippen LogP contribution in [0.1, 0.15) is 0 Å². The van der Waals surface area contributed by atoms with Crippen LogP contribution in [-0.4, -0.2) is 0 Å². The number of nitrogens with two attached hydrogens (primary N) is 1. The molecule has 0 aliphatic carbocycles. The lowest BCUT2D eigenvalue weighted by Crippen LogP contribution is -1.96. The summed E-state index contributed by atoms with van der Waals surface area (Å²) >= 11 is 3.00. The highest BCUT2D eigenvalue weighted by atomic mass is 79.9. The summed E-state index contributed by atoms with van der Waals surface area (Å²) in [6.45, 7) is 0. The van der Waals surface area contributed by atoms with Crippen molar-refractivity contribution in [3.8, 4) is 0 Å². The molecule has 0 heterocycles. The van der Waals surface area contributed by atoms with Gasteiger partial charge in [-0.1, -0.05) is 6.07 Å². The minimum atomic E-state index is -0.659. The molecular weight excluding hydrogens is 290 g/mol. The Hall–Kier alpha value is -1.62. The molecule has 0 radical (unpaired) electrons. The standard InChI is InChI=1S/C12H9BrF2N2/c13-9-5-12(11(15)6-10(9)14)17-8-3-1-2-7(16)4-8/h1-6,17H,16H2. The first-order valence-corrected chi connectivity index (χ1v) is 5.62. The molecule has 17 heavy (non-hydrogen) atoms. The molecule has 3 N–H and O–H groups in total. The first-order valence-electron chi connectivity index (χ1n) is 4.83. The molecule has 0 bridgehead atoms. The van der Waals surface area contributed by atoms with Crippen LogP contribution >= 0.6 is 15.9 Å². The van der Waals surface area contributed by atoms with Gasteiger partial charge in [-0.25, -0.2) is 8.78 Å². The van der Waals surface area contributed by atoms with Crippen LogP contribution in [0.3, 0.4) is 0 Å². The van der Waals surface area contributed by atoms with Crippen molar-refractivity contribution in [3.63, 3.8) is 0 Å². The molecule has 0 amide bonds. The minimum absolute atomic E-state index is 0.184. The van der Waals surface area contributed by atoms with Gasteiger partial charge in [-0.15, -0.1) is 0 Å². The van der Waals surface area contributed by atoms with Crippen LogP contribution in [0.2, 0.25) is 0 Å². The van der Waals surface area contributed by atoms with Gasteiger partial charge in [-0.05, 0) is 40.2 Å². The Labute approximate surface area is 106 Å². The Morgan fingerprint density at radius 3 is 2.53 bits per heavy atom. The van der Waals surface area contributed by atoms with Crippen LogP contribution in [0.5, 0.6) is 0 Å². The number of rotatable bonds is 2. The van der Waals surface area contributed by atoms with Crippen LogP contribution in [0.4, 0.5) is 25.8 Å². The van der Waals surface area contributed by atoms with Crippen molar-refractivity contribution < 1.29 is 8.78 Å². The monoisotopic (exact) mass is 298 g/mol. The lowest BCUT2D eigenvalue weighted by atomic mass is 10.2. The molecule has 0 saturated carbocycles. The summed E-state index contributed by atoms with van der Waals surface area (Å²) in [4.78, 5) is 0. The molecule has 2 aromatic carbocycles. The summed E-state index contributed by atoms with van der Waals surface area (Å²) in [5.41, 5.74) is 6.99. The van der Waals surface area contributed by atoms with Gasteiger partial charge < -0.3 is 11.1 Å². The first-order chi connectivity index (χ1) is 8.06. The fraction of sp³-hybridized carbons (Fsp3) is 0. The Kier molecular flexibility index (Phi) is 3.28. The van der Waals surface area contributed by atoms with Crippen molar-refractivity contribution in [3.05, 3.63) is 52.5 Å². The maximum atomic E-state index is 13.5. The van der Waals surface area contributed by atoms with Gasteiger partial charge in [0.25, 0.3) is 0 Å². The quantitative estimate of drug-likeness (QED) is 0.648. The van der Waals surface area contributed by atoms with Crippen LogP contribution < -0.4 is 11.1 Å². The lowest BCUT2D eigenvalue weighted by Gasteiger charge is -2.09. The van der Waals surface area contributed by atoms with Crippen molar-refractivity contribution in [1.29, 1.82) is 0 Å². The number of benzene rings is 2. The summed E-state index contributed by atoms with van der Waals surface area (Å²) in [6.07, 6.45) is 0. The summed E-state index contributed by atoms with van der Waals surface area (Å²) < 4.78 is 26.7. The molecule has 0 aromatic heterocycles. The van der Waals surface area contributed by atoms with E-state index in [0.29, 0.717) is 11.4 Å². The molecule has 0 unspecified atom stereocenters. The van der Waals surface area contributed by atoms with Crippen LogP contribution in [-0.2, 0) is 0 Å². The van der Waals surface area contributed by atoms with Crippen molar-refractivity contribution in [2.75, 3.05) is 11.1 Å². The summed E-state index contributed by atoms with van der Waals surface area (Å²) in [5, 5.41) is 2.83. The molecule has 2 aromatic rings. The third-order valence-corrected chi connectivity index (χ3v) is 2.78. The largest absolute Gasteiger partial charge is 0.399 e. The molecule has 0 aliphatic heterocycles. The van der Waals surface area contributed by atoms with Crippen LogP contribution in [0.25, 0.3) is 0 Å². The van der Waals surface area contributed by atoms with Gasteiger partial charge in [-0.2, -0.15) is 0 Å². The number of hydrogen-bond donors (Lipinski definition) is 2. The second-order valence-electron chi connectivity index (χ2n) is 3.50. The predicted molar refractivity (Wildman–Crippen MR) is 68.2 cm³/mol. The van der Waals surface area contributed by atoms with Crippen molar-refractivity contribution in [1.82, 2.24) is 0 Å². The Morgan fingerprint density at radius 2 is 1.82 bits per heavy atom. The zero-order valence-electron chi connectivity index (χ0n) is 8.68. The molecule has 2 rings (SSSR count). The average Bonchev–Trinajstić information content (AvgIpc) is 2.26. The van der Waals surface area contributed by atoms with Crippen molar-refractivity contribution in [2.45, 2.75) is 0 Å². The van der Waals surface area contributed by atoms with Gasteiger partial charge in [0.1, 0.15) is 11.6 Å². The summed E-state index contributed by atoms with van der Waals surface area (Å²) in [7, 11) is 0. The molecule has 2 nitrogen and oxygen atoms in total. The highest BCUT2D eigenvalue weighted by Crippen LogP contribution is 2.26. The van der Waals surface area contributed by atoms with E-state index in [-0.39, 0.29) is 10.2 Å². The zero-order valence-corrected chi connectivity index (χ0v) is 10.3. The van der Waals surface area contributed by atoms with Gasteiger partial charge in [-0.3, -0.25) is 0 Å². The van der Waals surface area contributed by atoms with E-state index in [1.165, 1.54) is 6.07 Å². The van der Waals surface area contributed by atoms with Gasteiger partial charge in [0, 0.05) is 17.4 Å². The zero-order chi connectivity index (χ0) is 12.4. The molecular formula is C12H9BrF2N2. The number of nitrogens with one attached hydrogen (secondary N) is 1. The molecule has 0 fully saturated rings. The number of hydrogen-bond acceptors (Lipinski definition) is 2. The second-order valence-corrected chi connectivity index (χ2v) is 4.35.